The summed E-state index contributed by atoms with van der Waals surface area (Å²) in [5.74, 6) is 0.187. The molecule has 0 aliphatic carbocycles. The summed E-state index contributed by atoms with van der Waals surface area (Å²) in [6.07, 6.45) is 5.09. The van der Waals surface area contributed by atoms with Crippen LogP contribution in [0, 0.1) is 0 Å². The summed E-state index contributed by atoms with van der Waals surface area (Å²) in [5, 5.41) is 11.5. The largest absolute Gasteiger partial charge is 0.337 e. The highest BCUT2D eigenvalue weighted by Crippen LogP contribution is 2.30. The van der Waals surface area contributed by atoms with E-state index in [2.05, 4.69) is 10.4 Å². The lowest BCUT2D eigenvalue weighted by Gasteiger charge is -2.43. The second-order valence-corrected chi connectivity index (χ2v) is 7.61. The molecule has 7 nitrogen and oxygen atoms in total. The van der Waals surface area contributed by atoms with Gasteiger partial charge in [-0.3, -0.25) is 14.3 Å². The molecular weight excluding hydrogens is 350 g/mol. The fourth-order valence-electron chi connectivity index (χ4n) is 3.88. The Kier molecular flexibility index (Phi) is 4.78. The molecule has 0 bridgehead atoms. The molecule has 2 fully saturated rings. The van der Waals surface area contributed by atoms with Gasteiger partial charge in [-0.05, 0) is 43.4 Å². The standard InChI is InChI=1S/C18H23N5O2S/c24-16(15-2-13-26-14-15)21-9-11-22(12-10-21)17(25)18(3-6-19-7-4-18)23-8-1-5-20-23/h1-2,5,8,13-14,19H,3-4,6-7,9-12H2. The molecule has 2 aromatic heterocycles. The van der Waals surface area contributed by atoms with E-state index in [1.165, 1.54) is 11.3 Å². The number of hydrogen-bond donors (Lipinski definition) is 1. The summed E-state index contributed by atoms with van der Waals surface area (Å²) in [5.41, 5.74) is 0.134. The lowest BCUT2D eigenvalue weighted by Crippen LogP contribution is -2.59. The van der Waals surface area contributed by atoms with Gasteiger partial charge in [-0.1, -0.05) is 0 Å². The van der Waals surface area contributed by atoms with Crippen LogP contribution in [0.25, 0.3) is 0 Å². The van der Waals surface area contributed by atoms with Crippen molar-refractivity contribution in [3.8, 4) is 0 Å². The summed E-state index contributed by atoms with van der Waals surface area (Å²) in [4.78, 5) is 29.7. The molecule has 8 heteroatoms. The second kappa shape index (κ2) is 7.20. The van der Waals surface area contributed by atoms with Crippen molar-refractivity contribution in [1.29, 1.82) is 0 Å². The minimum atomic E-state index is -0.603. The number of carbonyl (C=O) groups excluding carboxylic acids is 2. The maximum atomic E-state index is 13.4. The van der Waals surface area contributed by atoms with E-state index in [9.17, 15) is 9.59 Å². The minimum Gasteiger partial charge on any atom is -0.337 e. The predicted molar refractivity (Wildman–Crippen MR) is 99.1 cm³/mol. The van der Waals surface area contributed by atoms with Gasteiger partial charge in [-0.2, -0.15) is 16.4 Å². The number of piperidine rings is 1. The van der Waals surface area contributed by atoms with Gasteiger partial charge in [0, 0.05) is 44.0 Å². The molecule has 0 unspecified atom stereocenters. The number of nitrogens with one attached hydrogen (secondary N) is 1. The maximum Gasteiger partial charge on any atom is 0.254 e. The summed E-state index contributed by atoms with van der Waals surface area (Å²) >= 11 is 1.53. The smallest absolute Gasteiger partial charge is 0.254 e. The molecule has 4 heterocycles. The lowest BCUT2D eigenvalue weighted by atomic mass is 9.86. The van der Waals surface area contributed by atoms with Crippen LogP contribution in [0.3, 0.4) is 0 Å². The Hall–Kier alpha value is -2.19. The zero-order valence-electron chi connectivity index (χ0n) is 14.6. The van der Waals surface area contributed by atoms with E-state index in [1.807, 2.05) is 43.6 Å². The summed E-state index contributed by atoms with van der Waals surface area (Å²) in [6.45, 7) is 3.92. The van der Waals surface area contributed by atoms with E-state index in [4.69, 9.17) is 0 Å². The first-order valence-electron chi connectivity index (χ1n) is 9.02. The Morgan fingerprint density at radius 3 is 2.46 bits per heavy atom. The third-order valence-electron chi connectivity index (χ3n) is 5.39. The maximum absolute atomic E-state index is 13.4. The van der Waals surface area contributed by atoms with Crippen LogP contribution in [0.1, 0.15) is 23.2 Å². The van der Waals surface area contributed by atoms with Crippen LogP contribution in [-0.4, -0.2) is 70.7 Å². The molecule has 0 aromatic carbocycles. The summed E-state index contributed by atoms with van der Waals surface area (Å²) in [6, 6.07) is 3.72. The highest BCUT2D eigenvalue weighted by Gasteiger charge is 2.45. The molecule has 2 saturated heterocycles. The topological polar surface area (TPSA) is 70.5 Å². The Morgan fingerprint density at radius 1 is 1.12 bits per heavy atom. The van der Waals surface area contributed by atoms with Crippen molar-refractivity contribution in [3.05, 3.63) is 40.8 Å². The highest BCUT2D eigenvalue weighted by molar-refractivity contribution is 7.08. The van der Waals surface area contributed by atoms with E-state index in [-0.39, 0.29) is 11.8 Å². The van der Waals surface area contributed by atoms with Crippen molar-refractivity contribution in [3.63, 3.8) is 0 Å². The van der Waals surface area contributed by atoms with Gasteiger partial charge in [-0.15, -0.1) is 0 Å². The first-order chi connectivity index (χ1) is 12.7. The predicted octanol–water partition coefficient (Wildman–Crippen LogP) is 1.01. The van der Waals surface area contributed by atoms with E-state index < -0.39 is 5.54 Å². The molecule has 2 aliphatic heterocycles. The molecule has 2 aliphatic rings. The number of carbonyl (C=O) groups is 2. The number of hydrogen-bond acceptors (Lipinski definition) is 5. The normalized spacial score (nSPS) is 20.2. The van der Waals surface area contributed by atoms with Crippen LogP contribution < -0.4 is 5.32 Å². The number of thiophene rings is 1. The molecule has 2 amide bonds. The molecule has 1 N–H and O–H groups in total. The lowest BCUT2D eigenvalue weighted by molar-refractivity contribution is -0.144. The Bertz CT molecular complexity index is 745. The van der Waals surface area contributed by atoms with E-state index in [0.29, 0.717) is 26.2 Å². The number of aromatic nitrogens is 2. The van der Waals surface area contributed by atoms with Gasteiger partial charge in [0.15, 0.2) is 0 Å². The number of nitrogens with zero attached hydrogens (tertiary/aromatic N) is 4. The van der Waals surface area contributed by atoms with Gasteiger partial charge in [-0.25, -0.2) is 0 Å². The molecule has 0 radical (unpaired) electrons. The second-order valence-electron chi connectivity index (χ2n) is 6.83. The summed E-state index contributed by atoms with van der Waals surface area (Å²) < 4.78 is 1.83. The van der Waals surface area contributed by atoms with Gasteiger partial charge in [0.2, 0.25) is 0 Å². The first kappa shape index (κ1) is 17.2. The monoisotopic (exact) mass is 373 g/mol. The zero-order valence-corrected chi connectivity index (χ0v) is 15.5. The van der Waals surface area contributed by atoms with Crippen molar-refractivity contribution >= 4 is 23.2 Å². The first-order valence-corrected chi connectivity index (χ1v) is 9.97. The third-order valence-corrected chi connectivity index (χ3v) is 6.08. The zero-order chi connectivity index (χ0) is 18.0. The fourth-order valence-corrected chi connectivity index (χ4v) is 4.51. The van der Waals surface area contributed by atoms with Crippen molar-refractivity contribution in [1.82, 2.24) is 24.9 Å². The third kappa shape index (κ3) is 3.03. The molecule has 0 saturated carbocycles. The van der Waals surface area contributed by atoms with Crippen LogP contribution in [0.5, 0.6) is 0 Å². The van der Waals surface area contributed by atoms with E-state index in [1.54, 1.807) is 6.20 Å². The Labute approximate surface area is 156 Å². The molecule has 4 rings (SSSR count). The van der Waals surface area contributed by atoms with Gasteiger partial charge < -0.3 is 15.1 Å². The molecule has 0 atom stereocenters. The van der Waals surface area contributed by atoms with Gasteiger partial charge in [0.25, 0.3) is 11.8 Å². The number of rotatable bonds is 3. The SMILES string of the molecule is O=C(c1ccsc1)N1CCN(C(=O)C2(n3cccn3)CCNCC2)CC1. The number of piperazine rings is 1. The molecule has 0 spiro atoms. The van der Waals surface area contributed by atoms with Crippen LogP contribution in [0.4, 0.5) is 0 Å². The van der Waals surface area contributed by atoms with Crippen molar-refractivity contribution in [2.75, 3.05) is 39.3 Å². The van der Waals surface area contributed by atoms with E-state index in [0.717, 1.165) is 31.5 Å². The van der Waals surface area contributed by atoms with Crippen LogP contribution in [0.2, 0.25) is 0 Å². The van der Waals surface area contributed by atoms with Crippen molar-refractivity contribution < 1.29 is 9.59 Å². The van der Waals surface area contributed by atoms with Crippen molar-refractivity contribution in [2.24, 2.45) is 0 Å². The molecule has 138 valence electrons. The molecule has 2 aromatic rings. The van der Waals surface area contributed by atoms with Crippen LogP contribution in [-0.2, 0) is 10.3 Å². The van der Waals surface area contributed by atoms with Crippen LogP contribution in [0.15, 0.2) is 35.3 Å². The van der Waals surface area contributed by atoms with Gasteiger partial charge in [0.05, 0.1) is 5.56 Å². The number of amides is 2. The van der Waals surface area contributed by atoms with Gasteiger partial charge >= 0.3 is 0 Å². The van der Waals surface area contributed by atoms with Crippen LogP contribution >= 0.6 is 11.3 Å². The molecule has 26 heavy (non-hydrogen) atoms. The highest BCUT2D eigenvalue weighted by atomic mass is 32.1. The average molecular weight is 373 g/mol. The minimum absolute atomic E-state index is 0.0574. The van der Waals surface area contributed by atoms with Crippen molar-refractivity contribution in [2.45, 2.75) is 18.4 Å². The Morgan fingerprint density at radius 2 is 1.85 bits per heavy atom. The quantitative estimate of drug-likeness (QED) is 0.872. The summed E-state index contributed by atoms with van der Waals surface area (Å²) in [7, 11) is 0. The fraction of sp³-hybridized carbons (Fsp3) is 0.500. The van der Waals surface area contributed by atoms with E-state index >= 15 is 0 Å². The Balaban J connectivity index is 1.46. The molecular formula is C18H23N5O2S. The average Bonchev–Trinajstić information content (AvgIpc) is 3.41. The van der Waals surface area contributed by atoms with Gasteiger partial charge in [0.1, 0.15) is 5.54 Å².